The zero-order chi connectivity index (χ0) is 12.5. The van der Waals surface area contributed by atoms with Gasteiger partial charge in [-0.05, 0) is 30.2 Å². The van der Waals surface area contributed by atoms with Gasteiger partial charge in [0, 0.05) is 17.8 Å². The molecule has 0 saturated carbocycles. The fraction of sp³-hybridized carbons (Fsp3) is 0.133. The third kappa shape index (κ3) is 1.68. The van der Waals surface area contributed by atoms with Crippen LogP contribution in [-0.2, 0) is 6.42 Å². The van der Waals surface area contributed by atoms with Crippen molar-refractivity contribution in [3.05, 3.63) is 65.0 Å². The lowest BCUT2D eigenvalue weighted by Gasteiger charge is -2.08. The second-order valence-electron chi connectivity index (χ2n) is 4.33. The van der Waals surface area contributed by atoms with Crippen molar-refractivity contribution in [2.75, 3.05) is 11.9 Å². The van der Waals surface area contributed by atoms with Crippen LogP contribution in [0.4, 0.5) is 10.1 Å². The van der Waals surface area contributed by atoms with E-state index in [0.29, 0.717) is 5.56 Å². The molecule has 2 nitrogen and oxygen atoms in total. The monoisotopic (exact) mass is 241 g/mol. The molecule has 0 unspecified atom stereocenters. The molecule has 0 aromatic heterocycles. The number of carbonyl (C=O) groups is 1. The molecule has 2 aromatic rings. The van der Waals surface area contributed by atoms with Gasteiger partial charge in [0.05, 0.1) is 5.56 Å². The van der Waals surface area contributed by atoms with Crippen LogP contribution in [0.1, 0.15) is 21.5 Å². The van der Waals surface area contributed by atoms with Gasteiger partial charge in [-0.2, -0.15) is 0 Å². The molecule has 0 fully saturated rings. The highest BCUT2D eigenvalue weighted by Gasteiger charge is 2.21. The Bertz CT molecular complexity index is 622. The SMILES string of the molecule is O=C(c1ccccc1F)c1cccc2c1NCC2. The highest BCUT2D eigenvalue weighted by Crippen LogP contribution is 2.28. The summed E-state index contributed by atoms with van der Waals surface area (Å²) in [5.74, 6) is -0.738. The number of nitrogens with one attached hydrogen (secondary N) is 1. The van der Waals surface area contributed by atoms with Gasteiger partial charge < -0.3 is 5.32 Å². The Morgan fingerprint density at radius 1 is 1.06 bits per heavy atom. The van der Waals surface area contributed by atoms with Crippen molar-refractivity contribution in [3.8, 4) is 0 Å². The van der Waals surface area contributed by atoms with E-state index in [1.54, 1.807) is 18.2 Å². The number of rotatable bonds is 2. The molecule has 0 atom stereocenters. The van der Waals surface area contributed by atoms with Crippen molar-refractivity contribution >= 4 is 11.5 Å². The maximum atomic E-state index is 13.6. The lowest BCUT2D eigenvalue weighted by atomic mass is 9.99. The fourth-order valence-corrected chi connectivity index (χ4v) is 2.32. The molecule has 0 bridgehead atoms. The molecule has 3 rings (SSSR count). The highest BCUT2D eigenvalue weighted by atomic mass is 19.1. The molecular weight excluding hydrogens is 229 g/mol. The first-order valence-corrected chi connectivity index (χ1v) is 5.92. The summed E-state index contributed by atoms with van der Waals surface area (Å²) in [6, 6.07) is 11.7. The largest absolute Gasteiger partial charge is 0.384 e. The van der Waals surface area contributed by atoms with Gasteiger partial charge in [0.25, 0.3) is 0 Å². The number of anilines is 1. The van der Waals surface area contributed by atoms with Crippen LogP contribution in [0.25, 0.3) is 0 Å². The lowest BCUT2D eigenvalue weighted by molar-refractivity contribution is 0.103. The summed E-state index contributed by atoms with van der Waals surface area (Å²) in [6.07, 6.45) is 0.910. The average Bonchev–Trinajstić information content (AvgIpc) is 2.86. The number of para-hydroxylation sites is 1. The van der Waals surface area contributed by atoms with Crippen LogP contribution in [0, 0.1) is 5.82 Å². The predicted molar refractivity (Wildman–Crippen MR) is 68.5 cm³/mol. The maximum absolute atomic E-state index is 13.6. The van der Waals surface area contributed by atoms with E-state index in [2.05, 4.69) is 5.32 Å². The molecule has 90 valence electrons. The van der Waals surface area contributed by atoms with E-state index in [1.807, 2.05) is 12.1 Å². The fourth-order valence-electron chi connectivity index (χ4n) is 2.32. The van der Waals surface area contributed by atoms with Crippen LogP contribution in [0.3, 0.4) is 0 Å². The first kappa shape index (κ1) is 11.0. The quantitative estimate of drug-likeness (QED) is 0.819. The van der Waals surface area contributed by atoms with Gasteiger partial charge in [-0.3, -0.25) is 4.79 Å². The summed E-state index contributed by atoms with van der Waals surface area (Å²) >= 11 is 0. The molecule has 3 heteroatoms. The van der Waals surface area contributed by atoms with Crippen molar-refractivity contribution < 1.29 is 9.18 Å². The minimum absolute atomic E-state index is 0.125. The van der Waals surface area contributed by atoms with Gasteiger partial charge in [0.15, 0.2) is 5.78 Å². The first-order valence-electron chi connectivity index (χ1n) is 5.92. The molecule has 0 radical (unpaired) electrons. The Morgan fingerprint density at radius 3 is 2.67 bits per heavy atom. The van der Waals surface area contributed by atoms with Crippen LogP contribution in [0.5, 0.6) is 0 Å². The number of hydrogen-bond acceptors (Lipinski definition) is 2. The molecule has 2 aromatic carbocycles. The van der Waals surface area contributed by atoms with E-state index in [9.17, 15) is 9.18 Å². The van der Waals surface area contributed by atoms with E-state index in [1.165, 1.54) is 12.1 Å². The summed E-state index contributed by atoms with van der Waals surface area (Å²) < 4.78 is 13.6. The molecule has 0 aliphatic carbocycles. The van der Waals surface area contributed by atoms with Gasteiger partial charge in [0.1, 0.15) is 5.82 Å². The minimum atomic E-state index is -0.474. The number of fused-ring (bicyclic) bond motifs is 1. The molecule has 0 spiro atoms. The van der Waals surface area contributed by atoms with Crippen LogP contribution < -0.4 is 5.32 Å². The Balaban J connectivity index is 2.09. The van der Waals surface area contributed by atoms with Crippen molar-refractivity contribution in [1.29, 1.82) is 0 Å². The Morgan fingerprint density at radius 2 is 1.83 bits per heavy atom. The van der Waals surface area contributed by atoms with Crippen LogP contribution in [-0.4, -0.2) is 12.3 Å². The van der Waals surface area contributed by atoms with Crippen molar-refractivity contribution in [2.24, 2.45) is 0 Å². The van der Waals surface area contributed by atoms with Gasteiger partial charge in [-0.1, -0.05) is 24.3 Å². The van der Waals surface area contributed by atoms with Gasteiger partial charge in [-0.25, -0.2) is 4.39 Å². The van der Waals surface area contributed by atoms with Crippen molar-refractivity contribution in [1.82, 2.24) is 0 Å². The van der Waals surface area contributed by atoms with Crippen molar-refractivity contribution in [3.63, 3.8) is 0 Å². The second-order valence-corrected chi connectivity index (χ2v) is 4.33. The normalized spacial score (nSPS) is 12.9. The number of benzene rings is 2. The lowest BCUT2D eigenvalue weighted by Crippen LogP contribution is -2.07. The molecule has 18 heavy (non-hydrogen) atoms. The smallest absolute Gasteiger partial charge is 0.198 e. The standard InChI is InChI=1S/C15H12FNO/c16-13-7-2-1-5-11(13)15(18)12-6-3-4-10-8-9-17-14(10)12/h1-7,17H,8-9H2. The van der Waals surface area contributed by atoms with Crippen LogP contribution >= 0.6 is 0 Å². The third-order valence-corrected chi connectivity index (χ3v) is 3.21. The molecular formula is C15H12FNO. The van der Waals surface area contributed by atoms with Gasteiger partial charge in [-0.15, -0.1) is 0 Å². The Labute approximate surface area is 104 Å². The van der Waals surface area contributed by atoms with Gasteiger partial charge in [0.2, 0.25) is 0 Å². The minimum Gasteiger partial charge on any atom is -0.384 e. The summed E-state index contributed by atoms with van der Waals surface area (Å²) in [6.45, 7) is 0.830. The first-order chi connectivity index (χ1) is 8.77. The average molecular weight is 241 g/mol. The summed E-state index contributed by atoms with van der Waals surface area (Å²) in [5.41, 5.74) is 2.65. The van der Waals surface area contributed by atoms with E-state index >= 15 is 0 Å². The zero-order valence-corrected chi connectivity index (χ0v) is 9.74. The van der Waals surface area contributed by atoms with Crippen LogP contribution in [0.15, 0.2) is 42.5 Å². The zero-order valence-electron chi connectivity index (χ0n) is 9.74. The van der Waals surface area contributed by atoms with E-state index < -0.39 is 5.82 Å². The highest BCUT2D eigenvalue weighted by molar-refractivity contribution is 6.13. The molecule has 1 N–H and O–H groups in total. The van der Waals surface area contributed by atoms with E-state index in [0.717, 1.165) is 24.2 Å². The summed E-state index contributed by atoms with van der Waals surface area (Å²) in [4.78, 5) is 12.3. The maximum Gasteiger partial charge on any atom is 0.198 e. The predicted octanol–water partition coefficient (Wildman–Crippen LogP) is 3.02. The van der Waals surface area contributed by atoms with Crippen molar-refractivity contribution in [2.45, 2.75) is 6.42 Å². The number of hydrogen-bond donors (Lipinski definition) is 1. The molecule has 0 saturated heterocycles. The molecule has 1 heterocycles. The number of halogens is 1. The molecule has 1 aliphatic rings. The Kier molecular flexibility index (Phi) is 2.59. The third-order valence-electron chi connectivity index (χ3n) is 3.21. The Hall–Kier alpha value is -2.16. The van der Waals surface area contributed by atoms with E-state index in [-0.39, 0.29) is 11.3 Å². The number of ketones is 1. The van der Waals surface area contributed by atoms with Crippen LogP contribution in [0.2, 0.25) is 0 Å². The summed E-state index contributed by atoms with van der Waals surface area (Å²) in [7, 11) is 0. The topological polar surface area (TPSA) is 29.1 Å². The summed E-state index contributed by atoms with van der Waals surface area (Å²) in [5, 5.41) is 3.20. The molecule has 1 aliphatic heterocycles. The van der Waals surface area contributed by atoms with Gasteiger partial charge >= 0.3 is 0 Å². The molecule has 0 amide bonds. The number of carbonyl (C=O) groups excluding carboxylic acids is 1. The van der Waals surface area contributed by atoms with E-state index in [4.69, 9.17) is 0 Å². The second kappa shape index (κ2) is 4.26.